The summed E-state index contributed by atoms with van der Waals surface area (Å²) in [5, 5.41) is 6.89. The third kappa shape index (κ3) is 2.55. The highest BCUT2D eigenvalue weighted by Gasteiger charge is 2.34. The predicted octanol–water partition coefficient (Wildman–Crippen LogP) is 1.81. The lowest BCUT2D eigenvalue weighted by molar-refractivity contribution is 0.326. The zero-order chi connectivity index (χ0) is 14.2. The Labute approximate surface area is 124 Å². The minimum Gasteiger partial charge on any atom is -0.369 e. The first-order chi connectivity index (χ1) is 10.3. The third-order valence-electron chi connectivity index (χ3n) is 4.36. The van der Waals surface area contributed by atoms with Crippen LogP contribution >= 0.6 is 0 Å². The summed E-state index contributed by atoms with van der Waals surface area (Å²) in [6, 6.07) is 1.33. The van der Waals surface area contributed by atoms with E-state index in [0.29, 0.717) is 6.04 Å². The van der Waals surface area contributed by atoms with Crippen LogP contribution in [0.4, 0.5) is 11.6 Å². The second kappa shape index (κ2) is 5.18. The molecule has 2 N–H and O–H groups in total. The summed E-state index contributed by atoms with van der Waals surface area (Å²) in [5.74, 6) is 1.78. The zero-order valence-electron chi connectivity index (χ0n) is 12.4. The van der Waals surface area contributed by atoms with Crippen LogP contribution in [0.5, 0.6) is 0 Å². The Morgan fingerprint density at radius 2 is 2.24 bits per heavy atom. The molecule has 1 aliphatic carbocycles. The quantitative estimate of drug-likeness (QED) is 0.878. The summed E-state index contributed by atoms with van der Waals surface area (Å²) in [5.41, 5.74) is 0.904. The van der Waals surface area contributed by atoms with Crippen LogP contribution in [0.1, 0.15) is 26.2 Å². The molecule has 1 atom stereocenters. The molecule has 1 saturated heterocycles. The van der Waals surface area contributed by atoms with Crippen LogP contribution in [-0.4, -0.2) is 51.0 Å². The van der Waals surface area contributed by atoms with Gasteiger partial charge in [0.15, 0.2) is 11.5 Å². The number of rotatable bonds is 5. The van der Waals surface area contributed by atoms with Crippen molar-refractivity contribution in [2.24, 2.45) is 0 Å². The van der Waals surface area contributed by atoms with Crippen molar-refractivity contribution in [3.05, 3.63) is 18.6 Å². The van der Waals surface area contributed by atoms with Crippen molar-refractivity contribution in [2.75, 3.05) is 30.3 Å². The molecule has 6 heteroatoms. The Hall–Kier alpha value is -1.82. The van der Waals surface area contributed by atoms with Gasteiger partial charge in [-0.2, -0.15) is 0 Å². The summed E-state index contributed by atoms with van der Waals surface area (Å²) in [7, 11) is 0. The van der Waals surface area contributed by atoms with E-state index in [1.165, 1.54) is 25.8 Å². The van der Waals surface area contributed by atoms with Gasteiger partial charge in [-0.25, -0.2) is 9.97 Å². The summed E-state index contributed by atoms with van der Waals surface area (Å²) >= 11 is 0. The number of hydrogen-bond donors (Lipinski definition) is 2. The second-order valence-electron chi connectivity index (χ2n) is 6.02. The number of nitrogens with zero attached hydrogens (tertiary/aromatic N) is 4. The smallest absolute Gasteiger partial charge is 0.180 e. The van der Waals surface area contributed by atoms with Gasteiger partial charge in [0.1, 0.15) is 5.82 Å². The van der Waals surface area contributed by atoms with Crippen LogP contribution in [0, 0.1) is 0 Å². The van der Waals surface area contributed by atoms with Crippen LogP contribution in [-0.2, 0) is 0 Å². The maximum atomic E-state index is 4.69. The topological polar surface area (TPSA) is 57.5 Å². The SMILES string of the molecule is CCNc1cn2ccnc2c(NC2CCN(C3CC3)C2)n1. The van der Waals surface area contributed by atoms with Gasteiger partial charge in [0.25, 0.3) is 0 Å². The van der Waals surface area contributed by atoms with Crippen LogP contribution in [0.2, 0.25) is 0 Å². The number of fused-ring (bicyclic) bond motifs is 1. The summed E-state index contributed by atoms with van der Waals surface area (Å²) in [6.45, 7) is 5.29. The highest BCUT2D eigenvalue weighted by Crippen LogP contribution is 2.30. The van der Waals surface area contributed by atoms with Gasteiger partial charge in [0.05, 0.1) is 6.20 Å². The van der Waals surface area contributed by atoms with Gasteiger partial charge in [-0.3, -0.25) is 4.90 Å². The highest BCUT2D eigenvalue weighted by molar-refractivity contribution is 5.65. The fourth-order valence-electron chi connectivity index (χ4n) is 3.16. The fourth-order valence-corrected chi connectivity index (χ4v) is 3.16. The lowest BCUT2D eigenvalue weighted by Crippen LogP contribution is -2.28. The van der Waals surface area contributed by atoms with Gasteiger partial charge in [-0.15, -0.1) is 0 Å². The zero-order valence-corrected chi connectivity index (χ0v) is 12.4. The van der Waals surface area contributed by atoms with Gasteiger partial charge < -0.3 is 15.0 Å². The van der Waals surface area contributed by atoms with Crippen molar-refractivity contribution in [3.8, 4) is 0 Å². The van der Waals surface area contributed by atoms with Crippen molar-refractivity contribution < 1.29 is 0 Å². The Balaban J connectivity index is 1.55. The van der Waals surface area contributed by atoms with Gasteiger partial charge in [0, 0.05) is 44.1 Å². The molecule has 2 aliphatic rings. The molecule has 1 aliphatic heterocycles. The lowest BCUT2D eigenvalue weighted by atomic mass is 10.2. The normalized spacial score (nSPS) is 22.8. The monoisotopic (exact) mass is 286 g/mol. The first-order valence-corrected chi connectivity index (χ1v) is 7.91. The molecule has 2 fully saturated rings. The predicted molar refractivity (Wildman–Crippen MR) is 83.8 cm³/mol. The minimum absolute atomic E-state index is 0.482. The molecule has 3 heterocycles. The largest absolute Gasteiger partial charge is 0.369 e. The Morgan fingerprint density at radius 1 is 1.33 bits per heavy atom. The van der Waals surface area contributed by atoms with Crippen molar-refractivity contribution in [1.29, 1.82) is 0 Å². The van der Waals surface area contributed by atoms with Crippen molar-refractivity contribution >= 4 is 17.3 Å². The Bertz CT molecular complexity index is 632. The van der Waals surface area contributed by atoms with Crippen molar-refractivity contribution in [1.82, 2.24) is 19.3 Å². The molecule has 0 bridgehead atoms. The molecule has 2 aromatic rings. The second-order valence-corrected chi connectivity index (χ2v) is 6.02. The molecule has 0 radical (unpaired) electrons. The molecule has 1 unspecified atom stereocenters. The van der Waals surface area contributed by atoms with E-state index < -0.39 is 0 Å². The fraction of sp³-hybridized carbons (Fsp3) is 0.600. The third-order valence-corrected chi connectivity index (χ3v) is 4.36. The molecule has 21 heavy (non-hydrogen) atoms. The number of hydrogen-bond acceptors (Lipinski definition) is 5. The molecule has 2 aromatic heterocycles. The Morgan fingerprint density at radius 3 is 3.05 bits per heavy atom. The van der Waals surface area contributed by atoms with E-state index >= 15 is 0 Å². The van der Waals surface area contributed by atoms with E-state index in [1.807, 2.05) is 23.0 Å². The van der Waals surface area contributed by atoms with Crippen molar-refractivity contribution in [2.45, 2.75) is 38.3 Å². The number of nitrogens with one attached hydrogen (secondary N) is 2. The van der Waals surface area contributed by atoms with Gasteiger partial charge in [0.2, 0.25) is 0 Å². The standard InChI is InChI=1S/C15H22N6/c1-2-16-13-10-21-8-6-17-15(21)14(19-13)18-11-5-7-20(9-11)12-3-4-12/h6,8,10-12,16H,2-5,7,9H2,1H3,(H,18,19). The molecule has 4 rings (SSSR count). The lowest BCUT2D eigenvalue weighted by Gasteiger charge is -2.17. The minimum atomic E-state index is 0.482. The number of imidazole rings is 1. The van der Waals surface area contributed by atoms with E-state index in [4.69, 9.17) is 0 Å². The molecule has 112 valence electrons. The van der Waals surface area contributed by atoms with Crippen LogP contribution < -0.4 is 10.6 Å². The molecule has 6 nitrogen and oxygen atoms in total. The molecular weight excluding hydrogens is 264 g/mol. The van der Waals surface area contributed by atoms with E-state index in [9.17, 15) is 0 Å². The Kier molecular flexibility index (Phi) is 3.18. The van der Waals surface area contributed by atoms with Crippen LogP contribution in [0.15, 0.2) is 18.6 Å². The van der Waals surface area contributed by atoms with Gasteiger partial charge in [-0.05, 0) is 26.2 Å². The van der Waals surface area contributed by atoms with E-state index in [-0.39, 0.29) is 0 Å². The maximum absolute atomic E-state index is 4.69. The number of aromatic nitrogens is 3. The van der Waals surface area contributed by atoms with Gasteiger partial charge in [-0.1, -0.05) is 0 Å². The van der Waals surface area contributed by atoms with E-state index in [2.05, 4.69) is 32.4 Å². The summed E-state index contributed by atoms with van der Waals surface area (Å²) < 4.78 is 2.03. The molecule has 0 aromatic carbocycles. The average molecular weight is 286 g/mol. The van der Waals surface area contributed by atoms with Crippen LogP contribution in [0.25, 0.3) is 5.65 Å². The van der Waals surface area contributed by atoms with Crippen LogP contribution in [0.3, 0.4) is 0 Å². The molecule has 1 saturated carbocycles. The van der Waals surface area contributed by atoms with Crippen molar-refractivity contribution in [3.63, 3.8) is 0 Å². The average Bonchev–Trinajstić information content (AvgIpc) is 3.03. The first kappa shape index (κ1) is 12.9. The highest BCUT2D eigenvalue weighted by atomic mass is 15.2. The maximum Gasteiger partial charge on any atom is 0.180 e. The molecular formula is C15H22N6. The first-order valence-electron chi connectivity index (χ1n) is 7.91. The van der Waals surface area contributed by atoms with Gasteiger partial charge >= 0.3 is 0 Å². The van der Waals surface area contributed by atoms with E-state index in [1.54, 1.807) is 0 Å². The number of anilines is 2. The summed E-state index contributed by atoms with van der Waals surface area (Å²) in [4.78, 5) is 11.7. The van der Waals surface area contributed by atoms with E-state index in [0.717, 1.165) is 36.4 Å². The summed E-state index contributed by atoms with van der Waals surface area (Å²) in [6.07, 6.45) is 9.73. The number of likely N-dealkylation sites (tertiary alicyclic amines) is 1. The molecule has 0 spiro atoms. The molecule has 0 amide bonds.